The van der Waals surface area contributed by atoms with E-state index in [4.69, 9.17) is 4.74 Å². The number of nitrogens with zero attached hydrogens (tertiary/aromatic N) is 2. The van der Waals surface area contributed by atoms with Crippen LogP contribution in [0.15, 0.2) is 54.1 Å². The molecule has 0 aromatic heterocycles. The van der Waals surface area contributed by atoms with E-state index in [-0.39, 0.29) is 22.8 Å². The van der Waals surface area contributed by atoms with Gasteiger partial charge in [0.1, 0.15) is 5.76 Å². The Morgan fingerprint density at radius 3 is 2.22 bits per heavy atom. The molecule has 7 heteroatoms. The first-order valence-corrected chi connectivity index (χ1v) is 13.4. The highest BCUT2D eigenvalue weighted by atomic mass is 16.5. The van der Waals surface area contributed by atoms with Crippen molar-refractivity contribution in [2.24, 2.45) is 0 Å². The maximum atomic E-state index is 13.3. The third kappa shape index (κ3) is 6.92. The number of benzene rings is 2. The number of carbonyl (C=O) groups excluding carboxylic acids is 2. The molecule has 0 bridgehead atoms. The van der Waals surface area contributed by atoms with Crippen molar-refractivity contribution in [3.05, 3.63) is 65.2 Å². The molecule has 1 amide bonds. The van der Waals surface area contributed by atoms with Gasteiger partial charge < -0.3 is 24.7 Å². The van der Waals surface area contributed by atoms with Gasteiger partial charge >= 0.3 is 0 Å². The van der Waals surface area contributed by atoms with E-state index in [1.54, 1.807) is 41.3 Å². The summed E-state index contributed by atoms with van der Waals surface area (Å²) in [4.78, 5) is 30.5. The van der Waals surface area contributed by atoms with Gasteiger partial charge in [-0.15, -0.1) is 0 Å². The van der Waals surface area contributed by atoms with Crippen LogP contribution < -0.4 is 4.74 Å². The Morgan fingerprint density at radius 1 is 0.946 bits per heavy atom. The number of aliphatic hydroxyl groups is 1. The molecule has 37 heavy (non-hydrogen) atoms. The molecule has 7 nitrogen and oxygen atoms in total. The number of carbonyl (C=O) groups is 2. The SMILES string of the molecule is CCCCN(CCCC)CCCN1C(=O)C(=O)C(=C(O)c2ccccc2)[C@@H]1c1ccc(O)c(OCC)c1. The monoisotopic (exact) mass is 508 g/mol. The molecule has 0 aliphatic carbocycles. The number of unbranched alkanes of at least 4 members (excludes halogenated alkanes) is 2. The summed E-state index contributed by atoms with van der Waals surface area (Å²) in [5, 5.41) is 21.4. The van der Waals surface area contributed by atoms with Gasteiger partial charge in [0.25, 0.3) is 11.7 Å². The summed E-state index contributed by atoms with van der Waals surface area (Å²) in [7, 11) is 0. The van der Waals surface area contributed by atoms with Crippen LogP contribution in [0.3, 0.4) is 0 Å². The highest BCUT2D eigenvalue weighted by Crippen LogP contribution is 2.41. The lowest BCUT2D eigenvalue weighted by Gasteiger charge is -2.28. The quantitative estimate of drug-likeness (QED) is 0.199. The highest BCUT2D eigenvalue weighted by molar-refractivity contribution is 6.46. The van der Waals surface area contributed by atoms with Crippen molar-refractivity contribution < 1.29 is 24.5 Å². The molecular formula is C30H40N2O5. The lowest BCUT2D eigenvalue weighted by Crippen LogP contribution is -2.34. The van der Waals surface area contributed by atoms with Crippen LogP contribution >= 0.6 is 0 Å². The van der Waals surface area contributed by atoms with Crippen molar-refractivity contribution >= 4 is 17.4 Å². The van der Waals surface area contributed by atoms with Crippen molar-refractivity contribution in [3.8, 4) is 11.5 Å². The summed E-state index contributed by atoms with van der Waals surface area (Å²) >= 11 is 0. The van der Waals surface area contributed by atoms with Crippen molar-refractivity contribution in [1.29, 1.82) is 0 Å². The Labute approximate surface area is 220 Å². The Kier molecular flexibility index (Phi) is 10.6. The molecule has 0 saturated carbocycles. The molecule has 0 spiro atoms. The summed E-state index contributed by atoms with van der Waals surface area (Å²) < 4.78 is 5.57. The third-order valence-electron chi connectivity index (χ3n) is 6.72. The van der Waals surface area contributed by atoms with Crippen LogP contribution in [0.1, 0.15) is 70.0 Å². The lowest BCUT2D eigenvalue weighted by molar-refractivity contribution is -0.140. The van der Waals surface area contributed by atoms with Gasteiger partial charge in [-0.3, -0.25) is 9.59 Å². The topological polar surface area (TPSA) is 90.3 Å². The smallest absolute Gasteiger partial charge is 0.295 e. The predicted octanol–water partition coefficient (Wildman–Crippen LogP) is 5.50. The van der Waals surface area contributed by atoms with Gasteiger partial charge in [-0.25, -0.2) is 0 Å². The van der Waals surface area contributed by atoms with Crippen LogP contribution in [0, 0.1) is 0 Å². The number of aromatic hydroxyl groups is 1. The zero-order valence-corrected chi connectivity index (χ0v) is 22.3. The van der Waals surface area contributed by atoms with E-state index in [0.29, 0.717) is 30.7 Å². The molecule has 200 valence electrons. The minimum atomic E-state index is -0.778. The maximum absolute atomic E-state index is 13.3. The van der Waals surface area contributed by atoms with Crippen LogP contribution in [0.25, 0.3) is 5.76 Å². The molecule has 1 atom stereocenters. The first kappa shape index (κ1) is 28.3. The van der Waals surface area contributed by atoms with Crippen LogP contribution in [0.5, 0.6) is 11.5 Å². The van der Waals surface area contributed by atoms with Gasteiger partial charge in [-0.2, -0.15) is 0 Å². The number of likely N-dealkylation sites (tertiary alicyclic amines) is 1. The molecule has 1 aliphatic rings. The number of hydrogen-bond donors (Lipinski definition) is 2. The van der Waals surface area contributed by atoms with E-state index < -0.39 is 17.7 Å². The van der Waals surface area contributed by atoms with Gasteiger partial charge in [0, 0.05) is 12.1 Å². The molecule has 1 aliphatic heterocycles. The molecule has 1 heterocycles. The van der Waals surface area contributed by atoms with Crippen molar-refractivity contribution in [2.45, 2.75) is 58.9 Å². The number of phenolic OH excluding ortho intramolecular Hbond substituents is 1. The van der Waals surface area contributed by atoms with E-state index >= 15 is 0 Å². The number of ketones is 1. The number of ether oxygens (including phenoxy) is 1. The molecule has 1 saturated heterocycles. The average Bonchev–Trinajstić information content (AvgIpc) is 3.16. The molecule has 1 fully saturated rings. The first-order valence-electron chi connectivity index (χ1n) is 13.4. The van der Waals surface area contributed by atoms with E-state index in [1.165, 1.54) is 6.07 Å². The fourth-order valence-corrected chi connectivity index (χ4v) is 4.74. The second kappa shape index (κ2) is 13.8. The Morgan fingerprint density at radius 2 is 1.59 bits per heavy atom. The largest absolute Gasteiger partial charge is 0.507 e. The van der Waals surface area contributed by atoms with E-state index in [9.17, 15) is 19.8 Å². The minimum Gasteiger partial charge on any atom is -0.507 e. The lowest BCUT2D eigenvalue weighted by atomic mass is 9.95. The second-order valence-corrected chi connectivity index (χ2v) is 9.42. The van der Waals surface area contributed by atoms with E-state index in [1.807, 2.05) is 13.0 Å². The van der Waals surface area contributed by atoms with E-state index in [2.05, 4.69) is 18.7 Å². The molecule has 2 aromatic carbocycles. The number of amides is 1. The zero-order valence-electron chi connectivity index (χ0n) is 22.3. The summed E-state index contributed by atoms with van der Waals surface area (Å²) in [6, 6.07) is 12.8. The first-order chi connectivity index (χ1) is 17.9. The van der Waals surface area contributed by atoms with Crippen molar-refractivity contribution in [3.63, 3.8) is 0 Å². The average molecular weight is 509 g/mol. The standard InChI is InChI=1S/C30H40N2O5/c1-4-7-17-31(18-8-5-2)19-12-20-32-27(23-15-16-24(33)25(21-23)37-6-3)26(29(35)30(32)36)28(34)22-13-10-9-11-14-22/h9-11,13-16,21,27,33-34H,4-8,12,17-20H2,1-3H3/t27-/m0/s1. The van der Waals surface area contributed by atoms with E-state index in [0.717, 1.165) is 45.3 Å². The third-order valence-corrected chi connectivity index (χ3v) is 6.72. The number of aliphatic hydroxyl groups excluding tert-OH is 1. The predicted molar refractivity (Wildman–Crippen MR) is 146 cm³/mol. The summed E-state index contributed by atoms with van der Waals surface area (Å²) in [6.45, 7) is 9.76. The van der Waals surface area contributed by atoms with Crippen LogP contribution in [0.2, 0.25) is 0 Å². The normalized spacial score (nSPS) is 17.1. The van der Waals surface area contributed by atoms with Gasteiger partial charge in [-0.1, -0.05) is 63.1 Å². The molecule has 0 unspecified atom stereocenters. The van der Waals surface area contributed by atoms with Crippen molar-refractivity contribution in [1.82, 2.24) is 9.80 Å². The summed E-state index contributed by atoms with van der Waals surface area (Å²) in [6.07, 6.45) is 5.20. The molecule has 3 rings (SSSR count). The van der Waals surface area contributed by atoms with Gasteiger partial charge in [-0.05, 0) is 63.5 Å². The van der Waals surface area contributed by atoms with Crippen molar-refractivity contribution in [2.75, 3.05) is 32.8 Å². The zero-order chi connectivity index (χ0) is 26.8. The van der Waals surface area contributed by atoms with Gasteiger partial charge in [0.05, 0.1) is 18.2 Å². The Bertz CT molecular complexity index is 1070. The Balaban J connectivity index is 1.96. The van der Waals surface area contributed by atoms with Crippen LogP contribution in [-0.2, 0) is 9.59 Å². The summed E-state index contributed by atoms with van der Waals surface area (Å²) in [5.41, 5.74) is 1.13. The minimum absolute atomic E-state index is 0.0203. The number of Topliss-reactive ketones (excluding diaryl/α,β-unsaturated/α-hetero) is 1. The number of rotatable bonds is 14. The van der Waals surface area contributed by atoms with Gasteiger partial charge in [0.2, 0.25) is 0 Å². The second-order valence-electron chi connectivity index (χ2n) is 9.42. The summed E-state index contributed by atoms with van der Waals surface area (Å²) in [5.74, 6) is -1.28. The highest BCUT2D eigenvalue weighted by Gasteiger charge is 2.46. The molecule has 0 radical (unpaired) electrons. The number of hydrogen-bond acceptors (Lipinski definition) is 6. The number of phenols is 1. The maximum Gasteiger partial charge on any atom is 0.295 e. The Hall–Kier alpha value is -3.32. The molecule has 2 N–H and O–H groups in total. The molecular weight excluding hydrogens is 468 g/mol. The molecule has 2 aromatic rings. The van der Waals surface area contributed by atoms with Gasteiger partial charge in [0.15, 0.2) is 11.5 Å². The van der Waals surface area contributed by atoms with Crippen LogP contribution in [0.4, 0.5) is 0 Å². The van der Waals surface area contributed by atoms with Crippen LogP contribution in [-0.4, -0.2) is 64.5 Å². The fourth-order valence-electron chi connectivity index (χ4n) is 4.74. The fraction of sp³-hybridized carbons (Fsp3) is 0.467.